The van der Waals surface area contributed by atoms with Gasteiger partial charge in [0.05, 0.1) is 4.90 Å². The van der Waals surface area contributed by atoms with E-state index >= 15 is 0 Å². The molecule has 0 fully saturated rings. The van der Waals surface area contributed by atoms with Gasteiger partial charge in [-0.05, 0) is 58.7 Å². The topological polar surface area (TPSA) is 94.9 Å². The van der Waals surface area contributed by atoms with Gasteiger partial charge in [-0.2, -0.15) is 4.31 Å². The van der Waals surface area contributed by atoms with Gasteiger partial charge in [0.2, 0.25) is 10.0 Å². The highest BCUT2D eigenvalue weighted by molar-refractivity contribution is 7.89. The number of carboxylic acid groups (broad SMARTS) is 1. The number of hydrogen-bond donors (Lipinski definition) is 2. The SMILES string of the molecule is O=C(O)[C@H]1Cc2ccc(O)cc2CN1S(=O)(=O)c1ccc(-c2ccc(Cl)cc2)cc1. The zero-order chi connectivity index (χ0) is 21.5. The fraction of sp³-hybridized carbons (Fsp3) is 0.136. The number of rotatable bonds is 4. The van der Waals surface area contributed by atoms with Crippen molar-refractivity contribution in [2.45, 2.75) is 23.9 Å². The van der Waals surface area contributed by atoms with Crippen molar-refractivity contribution in [3.8, 4) is 16.9 Å². The van der Waals surface area contributed by atoms with Crippen molar-refractivity contribution in [2.75, 3.05) is 0 Å². The van der Waals surface area contributed by atoms with E-state index in [1.807, 2.05) is 12.1 Å². The van der Waals surface area contributed by atoms with Gasteiger partial charge >= 0.3 is 5.97 Å². The van der Waals surface area contributed by atoms with Crippen LogP contribution in [0.1, 0.15) is 11.1 Å². The van der Waals surface area contributed by atoms with E-state index in [4.69, 9.17) is 11.6 Å². The number of phenols is 1. The molecule has 8 heteroatoms. The van der Waals surface area contributed by atoms with E-state index in [-0.39, 0.29) is 23.6 Å². The Kier molecular flexibility index (Phi) is 5.27. The monoisotopic (exact) mass is 443 g/mol. The van der Waals surface area contributed by atoms with Crippen LogP contribution in [-0.4, -0.2) is 34.9 Å². The molecule has 0 unspecified atom stereocenters. The first kappa shape index (κ1) is 20.4. The van der Waals surface area contributed by atoms with E-state index in [9.17, 15) is 23.4 Å². The van der Waals surface area contributed by atoms with Gasteiger partial charge in [-0.25, -0.2) is 8.42 Å². The molecule has 3 aromatic rings. The maximum absolute atomic E-state index is 13.3. The van der Waals surface area contributed by atoms with Crippen LogP contribution in [-0.2, 0) is 27.8 Å². The number of fused-ring (bicyclic) bond motifs is 1. The van der Waals surface area contributed by atoms with Crippen LogP contribution in [0, 0.1) is 0 Å². The molecule has 2 N–H and O–H groups in total. The molecule has 0 spiro atoms. The van der Waals surface area contributed by atoms with E-state index in [0.717, 1.165) is 15.4 Å². The van der Waals surface area contributed by atoms with Crippen LogP contribution in [0.15, 0.2) is 71.6 Å². The summed E-state index contributed by atoms with van der Waals surface area (Å²) in [7, 11) is -4.07. The van der Waals surface area contributed by atoms with Crippen LogP contribution < -0.4 is 0 Å². The minimum Gasteiger partial charge on any atom is -0.508 e. The zero-order valence-electron chi connectivity index (χ0n) is 15.7. The molecular formula is C22H18ClNO5S. The highest BCUT2D eigenvalue weighted by Crippen LogP contribution is 2.32. The Bertz CT molecular complexity index is 1210. The van der Waals surface area contributed by atoms with Crippen molar-refractivity contribution in [2.24, 2.45) is 0 Å². The lowest BCUT2D eigenvalue weighted by molar-refractivity contribution is -0.141. The largest absolute Gasteiger partial charge is 0.508 e. The number of phenolic OH excluding ortho intramolecular Hbond substituents is 1. The molecular weight excluding hydrogens is 426 g/mol. The molecule has 1 aliphatic rings. The van der Waals surface area contributed by atoms with Crippen LogP contribution in [0.2, 0.25) is 5.02 Å². The Morgan fingerprint density at radius 3 is 2.13 bits per heavy atom. The van der Waals surface area contributed by atoms with Crippen LogP contribution in [0.5, 0.6) is 5.75 Å². The summed E-state index contributed by atoms with van der Waals surface area (Å²) < 4.78 is 27.5. The summed E-state index contributed by atoms with van der Waals surface area (Å²) in [6, 6.07) is 16.8. The molecule has 154 valence electrons. The van der Waals surface area contributed by atoms with Gasteiger partial charge in [0, 0.05) is 18.0 Å². The molecule has 1 atom stereocenters. The third-order valence-electron chi connectivity index (χ3n) is 5.20. The summed E-state index contributed by atoms with van der Waals surface area (Å²) in [5.74, 6) is -1.21. The summed E-state index contributed by atoms with van der Waals surface area (Å²) in [4.78, 5) is 11.8. The fourth-order valence-corrected chi connectivity index (χ4v) is 5.29. The Morgan fingerprint density at radius 2 is 1.53 bits per heavy atom. The van der Waals surface area contributed by atoms with Crippen LogP contribution in [0.25, 0.3) is 11.1 Å². The average molecular weight is 444 g/mol. The molecule has 1 aliphatic heterocycles. The third-order valence-corrected chi connectivity index (χ3v) is 7.32. The number of benzene rings is 3. The minimum atomic E-state index is -4.07. The van der Waals surface area contributed by atoms with Gasteiger partial charge in [-0.15, -0.1) is 0 Å². The number of aromatic hydroxyl groups is 1. The van der Waals surface area contributed by atoms with Gasteiger partial charge in [-0.1, -0.05) is 41.9 Å². The Balaban J connectivity index is 1.69. The fourth-order valence-electron chi connectivity index (χ4n) is 3.61. The smallest absolute Gasteiger partial charge is 0.322 e. The minimum absolute atomic E-state index is 0.00666. The highest BCUT2D eigenvalue weighted by Gasteiger charge is 2.39. The van der Waals surface area contributed by atoms with Crippen molar-refractivity contribution in [1.29, 1.82) is 0 Å². The third kappa shape index (κ3) is 3.79. The average Bonchev–Trinajstić information content (AvgIpc) is 2.73. The van der Waals surface area contributed by atoms with Crippen molar-refractivity contribution in [1.82, 2.24) is 4.31 Å². The summed E-state index contributed by atoms with van der Waals surface area (Å²) >= 11 is 5.91. The second kappa shape index (κ2) is 7.75. The molecule has 0 aromatic heterocycles. The van der Waals surface area contributed by atoms with Crippen molar-refractivity contribution >= 4 is 27.6 Å². The molecule has 0 bridgehead atoms. The number of hydrogen-bond acceptors (Lipinski definition) is 4. The molecule has 0 saturated carbocycles. The maximum atomic E-state index is 13.3. The summed E-state index contributed by atoms with van der Waals surface area (Å²) in [5.41, 5.74) is 3.00. The van der Waals surface area contributed by atoms with E-state index in [1.165, 1.54) is 24.3 Å². The predicted octanol–water partition coefficient (Wildman–Crippen LogP) is 3.91. The van der Waals surface area contributed by atoms with Gasteiger partial charge in [0.25, 0.3) is 0 Å². The molecule has 3 aromatic carbocycles. The quantitative estimate of drug-likeness (QED) is 0.637. The lowest BCUT2D eigenvalue weighted by Crippen LogP contribution is -2.48. The van der Waals surface area contributed by atoms with Crippen LogP contribution >= 0.6 is 11.6 Å². The first-order valence-corrected chi connectivity index (χ1v) is 11.0. The Labute approximate surface area is 179 Å². The number of nitrogens with zero attached hydrogens (tertiary/aromatic N) is 1. The second-order valence-corrected chi connectivity index (χ2v) is 9.42. The molecule has 6 nitrogen and oxygen atoms in total. The molecule has 30 heavy (non-hydrogen) atoms. The lowest BCUT2D eigenvalue weighted by atomic mass is 9.95. The van der Waals surface area contributed by atoms with Gasteiger partial charge < -0.3 is 10.2 Å². The zero-order valence-corrected chi connectivity index (χ0v) is 17.3. The van der Waals surface area contributed by atoms with E-state index < -0.39 is 22.0 Å². The Morgan fingerprint density at radius 1 is 0.933 bits per heavy atom. The molecule has 4 rings (SSSR count). The van der Waals surface area contributed by atoms with Crippen molar-refractivity contribution < 1.29 is 23.4 Å². The molecule has 0 aliphatic carbocycles. The first-order chi connectivity index (χ1) is 14.3. The van der Waals surface area contributed by atoms with Crippen LogP contribution in [0.4, 0.5) is 0 Å². The summed E-state index contributed by atoms with van der Waals surface area (Å²) in [5, 5.41) is 20.0. The van der Waals surface area contributed by atoms with Crippen molar-refractivity contribution in [3.63, 3.8) is 0 Å². The summed E-state index contributed by atoms with van der Waals surface area (Å²) in [6.07, 6.45) is 0.0348. The molecule has 0 amide bonds. The predicted molar refractivity (Wildman–Crippen MR) is 113 cm³/mol. The van der Waals surface area contributed by atoms with Gasteiger partial charge in [0.15, 0.2) is 0 Å². The highest BCUT2D eigenvalue weighted by atomic mass is 35.5. The van der Waals surface area contributed by atoms with E-state index in [2.05, 4.69) is 0 Å². The number of halogens is 1. The summed E-state index contributed by atoms with van der Waals surface area (Å²) in [6.45, 7) is -0.123. The molecule has 0 radical (unpaired) electrons. The van der Waals surface area contributed by atoms with Gasteiger partial charge in [-0.3, -0.25) is 4.79 Å². The normalized spacial score (nSPS) is 16.8. The van der Waals surface area contributed by atoms with Crippen molar-refractivity contribution in [3.05, 3.63) is 82.9 Å². The Hall–Kier alpha value is -2.87. The maximum Gasteiger partial charge on any atom is 0.322 e. The molecule has 0 saturated heterocycles. The van der Waals surface area contributed by atoms with Gasteiger partial charge in [0.1, 0.15) is 11.8 Å². The first-order valence-electron chi connectivity index (χ1n) is 9.17. The van der Waals surface area contributed by atoms with E-state index in [1.54, 1.807) is 30.3 Å². The standard InChI is InChI=1S/C22H18ClNO5S/c23-18-6-1-14(2-7-18)15-4-9-20(10-5-15)30(28,29)24-13-17-11-19(25)8-3-16(17)12-21(24)22(26)27/h1-11,21,25H,12-13H2,(H,26,27)/t21-/m1/s1. The lowest BCUT2D eigenvalue weighted by Gasteiger charge is -2.33. The van der Waals surface area contributed by atoms with E-state index in [0.29, 0.717) is 16.1 Å². The molecule has 1 heterocycles. The number of carboxylic acids is 1. The number of aliphatic carboxylic acids is 1. The number of carbonyl (C=O) groups is 1. The van der Waals surface area contributed by atoms with Crippen LogP contribution in [0.3, 0.4) is 0 Å². The number of sulfonamides is 1. The second-order valence-electron chi connectivity index (χ2n) is 7.09.